The third-order valence-electron chi connectivity index (χ3n) is 2.25. The SMILES string of the molecule is CNCC(O)c1cccc(CC(C)(F)F)c1. The summed E-state index contributed by atoms with van der Waals surface area (Å²) in [6.45, 7) is 1.30. The van der Waals surface area contributed by atoms with Crippen LogP contribution in [0.5, 0.6) is 0 Å². The summed E-state index contributed by atoms with van der Waals surface area (Å²) in [5.41, 5.74) is 1.20. The molecule has 0 saturated heterocycles. The van der Waals surface area contributed by atoms with Crippen LogP contribution < -0.4 is 5.32 Å². The van der Waals surface area contributed by atoms with E-state index in [0.717, 1.165) is 6.92 Å². The first kappa shape index (κ1) is 13.1. The predicted octanol–water partition coefficient (Wildman–Crippen LogP) is 2.14. The highest BCUT2D eigenvalue weighted by atomic mass is 19.3. The Labute approximate surface area is 94.3 Å². The molecule has 0 radical (unpaired) electrons. The second kappa shape index (κ2) is 5.37. The molecule has 2 nitrogen and oxygen atoms in total. The molecule has 0 bridgehead atoms. The van der Waals surface area contributed by atoms with E-state index in [0.29, 0.717) is 17.7 Å². The van der Waals surface area contributed by atoms with Crippen molar-refractivity contribution in [1.29, 1.82) is 0 Å². The van der Waals surface area contributed by atoms with Gasteiger partial charge < -0.3 is 10.4 Å². The Balaban J connectivity index is 2.78. The van der Waals surface area contributed by atoms with Crippen molar-refractivity contribution in [3.63, 3.8) is 0 Å². The van der Waals surface area contributed by atoms with Gasteiger partial charge in [-0.05, 0) is 25.1 Å². The van der Waals surface area contributed by atoms with Crippen LogP contribution in [0.1, 0.15) is 24.2 Å². The Morgan fingerprint density at radius 2 is 2.12 bits per heavy atom. The van der Waals surface area contributed by atoms with Crippen LogP contribution in [-0.2, 0) is 6.42 Å². The summed E-state index contributed by atoms with van der Waals surface area (Å²) in [4.78, 5) is 0. The first-order valence-electron chi connectivity index (χ1n) is 5.22. The quantitative estimate of drug-likeness (QED) is 0.810. The van der Waals surface area contributed by atoms with Crippen molar-refractivity contribution >= 4 is 0 Å². The molecule has 1 unspecified atom stereocenters. The van der Waals surface area contributed by atoms with Crippen LogP contribution in [0.4, 0.5) is 8.78 Å². The fraction of sp³-hybridized carbons (Fsp3) is 0.500. The number of hydrogen-bond donors (Lipinski definition) is 2. The summed E-state index contributed by atoms with van der Waals surface area (Å²) in [7, 11) is 1.73. The first-order chi connectivity index (χ1) is 7.42. The van der Waals surface area contributed by atoms with Crippen LogP contribution in [0, 0.1) is 0 Å². The zero-order valence-electron chi connectivity index (χ0n) is 9.50. The lowest BCUT2D eigenvalue weighted by molar-refractivity contribution is 0.0225. The van der Waals surface area contributed by atoms with E-state index in [4.69, 9.17) is 0 Å². The maximum absolute atomic E-state index is 12.8. The third-order valence-corrected chi connectivity index (χ3v) is 2.25. The van der Waals surface area contributed by atoms with E-state index in [2.05, 4.69) is 5.32 Å². The Morgan fingerprint density at radius 3 is 2.69 bits per heavy atom. The van der Waals surface area contributed by atoms with Crippen LogP contribution in [0.15, 0.2) is 24.3 Å². The Bertz CT molecular complexity index is 336. The Kier molecular flexibility index (Phi) is 4.38. The van der Waals surface area contributed by atoms with E-state index < -0.39 is 12.0 Å². The number of rotatable bonds is 5. The van der Waals surface area contributed by atoms with Crippen molar-refractivity contribution < 1.29 is 13.9 Å². The second-order valence-corrected chi connectivity index (χ2v) is 4.07. The highest BCUT2D eigenvalue weighted by Gasteiger charge is 2.21. The average molecular weight is 229 g/mol. The predicted molar refractivity (Wildman–Crippen MR) is 59.7 cm³/mol. The molecule has 4 heteroatoms. The smallest absolute Gasteiger partial charge is 0.249 e. The molecule has 0 aromatic heterocycles. The van der Waals surface area contributed by atoms with Gasteiger partial charge in [0, 0.05) is 13.0 Å². The summed E-state index contributed by atoms with van der Waals surface area (Å²) >= 11 is 0. The highest BCUT2D eigenvalue weighted by molar-refractivity contribution is 5.26. The second-order valence-electron chi connectivity index (χ2n) is 4.07. The molecule has 0 fully saturated rings. The van der Waals surface area contributed by atoms with Crippen LogP contribution in [0.2, 0.25) is 0 Å². The van der Waals surface area contributed by atoms with Crippen LogP contribution >= 0.6 is 0 Å². The molecular formula is C12H17F2NO. The number of likely N-dealkylation sites (N-methyl/N-ethyl adjacent to an activating group) is 1. The summed E-state index contributed by atoms with van der Waals surface area (Å²) in [5.74, 6) is -2.72. The molecule has 0 aliphatic carbocycles. The minimum Gasteiger partial charge on any atom is -0.387 e. The van der Waals surface area contributed by atoms with Gasteiger partial charge in [-0.15, -0.1) is 0 Å². The molecule has 0 spiro atoms. The van der Waals surface area contributed by atoms with E-state index in [1.54, 1.807) is 31.3 Å². The standard InChI is InChI=1S/C12H17F2NO/c1-12(13,14)7-9-4-3-5-10(6-9)11(16)8-15-2/h3-6,11,15-16H,7-8H2,1-2H3. The summed E-state index contributed by atoms with van der Waals surface area (Å²) in [6.07, 6.45) is -0.956. The van der Waals surface area contributed by atoms with Crippen LogP contribution in [0.25, 0.3) is 0 Å². The van der Waals surface area contributed by atoms with Gasteiger partial charge >= 0.3 is 0 Å². The lowest BCUT2D eigenvalue weighted by Crippen LogP contribution is -2.17. The van der Waals surface area contributed by atoms with Gasteiger partial charge in [0.1, 0.15) is 0 Å². The van der Waals surface area contributed by atoms with Gasteiger partial charge in [-0.3, -0.25) is 0 Å². The maximum atomic E-state index is 12.8. The number of halogens is 2. The van der Waals surface area contributed by atoms with Crippen molar-refractivity contribution in [1.82, 2.24) is 5.32 Å². The highest BCUT2D eigenvalue weighted by Crippen LogP contribution is 2.21. The lowest BCUT2D eigenvalue weighted by atomic mass is 10.0. The molecule has 1 aromatic carbocycles. The van der Waals surface area contributed by atoms with Gasteiger partial charge in [-0.1, -0.05) is 24.3 Å². The van der Waals surface area contributed by atoms with E-state index in [-0.39, 0.29) is 6.42 Å². The molecule has 1 rings (SSSR count). The number of aliphatic hydroxyl groups is 1. The molecule has 0 aliphatic rings. The van der Waals surface area contributed by atoms with Gasteiger partial charge in [-0.25, -0.2) is 8.78 Å². The minimum atomic E-state index is -2.72. The Morgan fingerprint density at radius 1 is 1.44 bits per heavy atom. The van der Waals surface area contributed by atoms with Crippen molar-refractivity contribution in [3.05, 3.63) is 35.4 Å². The van der Waals surface area contributed by atoms with Crippen molar-refractivity contribution in [3.8, 4) is 0 Å². The molecule has 0 amide bonds. The zero-order valence-corrected chi connectivity index (χ0v) is 9.50. The van der Waals surface area contributed by atoms with Crippen molar-refractivity contribution in [2.24, 2.45) is 0 Å². The normalized spacial score (nSPS) is 13.8. The zero-order chi connectivity index (χ0) is 12.2. The maximum Gasteiger partial charge on any atom is 0.249 e. The molecule has 90 valence electrons. The van der Waals surface area contributed by atoms with Gasteiger partial charge in [0.25, 0.3) is 0 Å². The summed E-state index contributed by atoms with van der Waals surface area (Å²) in [6, 6.07) is 6.70. The molecule has 16 heavy (non-hydrogen) atoms. The molecule has 0 saturated carbocycles. The van der Waals surface area contributed by atoms with Gasteiger partial charge in [-0.2, -0.15) is 0 Å². The van der Waals surface area contributed by atoms with Crippen LogP contribution in [-0.4, -0.2) is 24.6 Å². The van der Waals surface area contributed by atoms with E-state index in [1.165, 1.54) is 0 Å². The summed E-state index contributed by atoms with van der Waals surface area (Å²) in [5, 5.41) is 12.5. The monoisotopic (exact) mass is 229 g/mol. The van der Waals surface area contributed by atoms with Gasteiger partial charge in [0.05, 0.1) is 6.10 Å². The number of benzene rings is 1. The number of alkyl halides is 2. The molecular weight excluding hydrogens is 212 g/mol. The van der Waals surface area contributed by atoms with E-state index in [1.807, 2.05) is 0 Å². The molecule has 0 aliphatic heterocycles. The van der Waals surface area contributed by atoms with Gasteiger partial charge in [0.2, 0.25) is 5.92 Å². The lowest BCUT2D eigenvalue weighted by Gasteiger charge is -2.14. The largest absolute Gasteiger partial charge is 0.387 e. The Hall–Kier alpha value is -1.00. The van der Waals surface area contributed by atoms with Gasteiger partial charge in [0.15, 0.2) is 0 Å². The molecule has 1 aromatic rings. The molecule has 0 heterocycles. The number of aliphatic hydroxyl groups excluding tert-OH is 1. The van der Waals surface area contributed by atoms with Crippen molar-refractivity contribution in [2.45, 2.75) is 25.4 Å². The minimum absolute atomic E-state index is 0.298. The fourth-order valence-electron chi connectivity index (χ4n) is 1.58. The number of hydrogen-bond acceptors (Lipinski definition) is 2. The topological polar surface area (TPSA) is 32.3 Å². The third kappa shape index (κ3) is 4.24. The van der Waals surface area contributed by atoms with E-state index >= 15 is 0 Å². The average Bonchev–Trinajstić information content (AvgIpc) is 2.16. The van der Waals surface area contributed by atoms with E-state index in [9.17, 15) is 13.9 Å². The number of nitrogens with one attached hydrogen (secondary N) is 1. The molecule has 2 N–H and O–H groups in total. The van der Waals surface area contributed by atoms with Crippen LogP contribution in [0.3, 0.4) is 0 Å². The molecule has 1 atom stereocenters. The first-order valence-corrected chi connectivity index (χ1v) is 5.22. The summed E-state index contributed by atoms with van der Waals surface area (Å²) < 4.78 is 25.6. The fourth-order valence-corrected chi connectivity index (χ4v) is 1.58. The van der Waals surface area contributed by atoms with Crippen molar-refractivity contribution in [2.75, 3.05) is 13.6 Å².